The molecule has 1 heterocycles. The van der Waals surface area contributed by atoms with Crippen LogP contribution in [-0.4, -0.2) is 14.8 Å². The molecule has 1 aromatic carbocycles. The summed E-state index contributed by atoms with van der Waals surface area (Å²) in [7, 11) is 0. The number of rotatable bonds is 2. The van der Waals surface area contributed by atoms with Crippen LogP contribution in [0.4, 0.5) is 0 Å². The average Bonchev–Trinajstić information content (AvgIpc) is 3.03. The Hall–Kier alpha value is -2.16. The van der Waals surface area contributed by atoms with E-state index in [0.29, 0.717) is 0 Å². The van der Waals surface area contributed by atoms with Gasteiger partial charge in [0.1, 0.15) is 12.7 Å². The molecule has 0 saturated heterocycles. The molecule has 1 aromatic heterocycles. The summed E-state index contributed by atoms with van der Waals surface area (Å²) in [6.07, 6.45) is 10.9. The van der Waals surface area contributed by atoms with Crippen molar-refractivity contribution in [3.8, 4) is 5.69 Å². The molecule has 0 aliphatic heterocycles. The fourth-order valence-corrected chi connectivity index (χ4v) is 1.84. The molecular formula is C13H11N3. The van der Waals surface area contributed by atoms with Gasteiger partial charge < -0.3 is 0 Å². The van der Waals surface area contributed by atoms with Gasteiger partial charge in [0, 0.05) is 5.69 Å². The molecular weight excluding hydrogens is 198 g/mol. The second-order valence-electron chi connectivity index (χ2n) is 3.74. The minimum absolute atomic E-state index is 1.03. The molecule has 0 spiro atoms. The quantitative estimate of drug-likeness (QED) is 0.761. The van der Waals surface area contributed by atoms with E-state index in [1.54, 1.807) is 12.7 Å². The van der Waals surface area contributed by atoms with E-state index >= 15 is 0 Å². The van der Waals surface area contributed by atoms with E-state index in [0.717, 1.165) is 12.1 Å². The summed E-state index contributed by atoms with van der Waals surface area (Å²) in [5.74, 6) is 0. The topological polar surface area (TPSA) is 30.7 Å². The van der Waals surface area contributed by atoms with Gasteiger partial charge in [-0.05, 0) is 29.7 Å². The summed E-state index contributed by atoms with van der Waals surface area (Å²) in [6.45, 7) is 0. The summed E-state index contributed by atoms with van der Waals surface area (Å²) < 4.78 is 1.89. The molecule has 2 aromatic rings. The zero-order valence-electron chi connectivity index (χ0n) is 8.74. The van der Waals surface area contributed by atoms with Crippen LogP contribution >= 0.6 is 0 Å². The molecule has 0 N–H and O–H groups in total. The third-order valence-corrected chi connectivity index (χ3v) is 2.73. The molecule has 1 aliphatic rings. The van der Waals surface area contributed by atoms with Crippen molar-refractivity contribution in [1.29, 1.82) is 0 Å². The molecule has 3 rings (SSSR count). The van der Waals surface area contributed by atoms with Gasteiger partial charge in [0.25, 0.3) is 0 Å². The van der Waals surface area contributed by atoms with Gasteiger partial charge in [-0.3, -0.25) is 4.57 Å². The van der Waals surface area contributed by atoms with E-state index in [1.807, 2.05) is 4.57 Å². The van der Waals surface area contributed by atoms with Gasteiger partial charge in [0.2, 0.25) is 0 Å². The highest BCUT2D eigenvalue weighted by Gasteiger charge is 2.03. The first-order chi connectivity index (χ1) is 7.93. The first kappa shape index (κ1) is 9.09. The lowest BCUT2D eigenvalue weighted by atomic mass is 10.1. The minimum Gasteiger partial charge on any atom is -0.288 e. The van der Waals surface area contributed by atoms with Crippen LogP contribution in [0.25, 0.3) is 11.3 Å². The predicted octanol–water partition coefficient (Wildman–Crippen LogP) is 2.61. The van der Waals surface area contributed by atoms with Crippen LogP contribution in [0.1, 0.15) is 12.0 Å². The number of benzene rings is 1. The van der Waals surface area contributed by atoms with Crippen molar-refractivity contribution in [2.24, 2.45) is 0 Å². The van der Waals surface area contributed by atoms with Crippen molar-refractivity contribution in [3.63, 3.8) is 0 Å². The van der Waals surface area contributed by atoms with Crippen molar-refractivity contribution >= 4 is 5.57 Å². The normalized spacial score (nSPS) is 14.1. The SMILES string of the molecule is C1=CCC(c2ccc(-n3cnnc3)cc2)=C1. The van der Waals surface area contributed by atoms with Crippen LogP contribution in [0.15, 0.2) is 55.1 Å². The zero-order valence-corrected chi connectivity index (χ0v) is 8.74. The number of nitrogens with zero attached hydrogens (tertiary/aromatic N) is 3. The zero-order chi connectivity index (χ0) is 10.8. The average molecular weight is 209 g/mol. The highest BCUT2D eigenvalue weighted by Crippen LogP contribution is 2.23. The number of hydrogen-bond donors (Lipinski definition) is 0. The molecule has 0 radical (unpaired) electrons. The summed E-state index contributed by atoms with van der Waals surface area (Å²) in [5.41, 5.74) is 3.73. The molecule has 16 heavy (non-hydrogen) atoms. The van der Waals surface area contributed by atoms with Crippen molar-refractivity contribution in [1.82, 2.24) is 14.8 Å². The fraction of sp³-hybridized carbons (Fsp3) is 0.0769. The second-order valence-corrected chi connectivity index (χ2v) is 3.74. The Balaban J connectivity index is 1.91. The van der Waals surface area contributed by atoms with E-state index in [2.05, 4.69) is 52.7 Å². The maximum atomic E-state index is 3.79. The van der Waals surface area contributed by atoms with Crippen LogP contribution in [0.5, 0.6) is 0 Å². The van der Waals surface area contributed by atoms with E-state index in [9.17, 15) is 0 Å². The van der Waals surface area contributed by atoms with E-state index in [4.69, 9.17) is 0 Å². The Morgan fingerprint density at radius 3 is 2.38 bits per heavy atom. The van der Waals surface area contributed by atoms with Crippen LogP contribution in [0, 0.1) is 0 Å². The Morgan fingerprint density at radius 2 is 1.75 bits per heavy atom. The molecule has 0 saturated carbocycles. The molecule has 3 heteroatoms. The van der Waals surface area contributed by atoms with Gasteiger partial charge in [0.15, 0.2) is 0 Å². The molecule has 1 aliphatic carbocycles. The highest BCUT2D eigenvalue weighted by molar-refractivity contribution is 5.71. The third-order valence-electron chi connectivity index (χ3n) is 2.73. The molecule has 0 fully saturated rings. The molecule has 78 valence electrons. The van der Waals surface area contributed by atoms with Gasteiger partial charge in [-0.2, -0.15) is 0 Å². The lowest BCUT2D eigenvalue weighted by Gasteiger charge is -2.04. The van der Waals surface area contributed by atoms with Crippen molar-refractivity contribution in [3.05, 3.63) is 60.7 Å². The van der Waals surface area contributed by atoms with Crippen molar-refractivity contribution in [2.75, 3.05) is 0 Å². The standard InChI is InChI=1S/C13H11N3/c1-2-4-11(3-1)12-5-7-13(8-6-12)16-9-14-15-10-16/h1-3,5-10H,4H2. The molecule has 0 atom stereocenters. The Labute approximate surface area is 93.8 Å². The molecule has 3 nitrogen and oxygen atoms in total. The monoisotopic (exact) mass is 209 g/mol. The predicted molar refractivity (Wildman–Crippen MR) is 63.1 cm³/mol. The van der Waals surface area contributed by atoms with E-state index < -0.39 is 0 Å². The Morgan fingerprint density at radius 1 is 1.00 bits per heavy atom. The first-order valence-electron chi connectivity index (χ1n) is 5.24. The summed E-state index contributed by atoms with van der Waals surface area (Å²) in [5, 5.41) is 7.58. The first-order valence-corrected chi connectivity index (χ1v) is 5.24. The Bertz CT molecular complexity index is 533. The summed E-state index contributed by atoms with van der Waals surface area (Å²) in [6, 6.07) is 8.43. The number of allylic oxidation sites excluding steroid dienone is 4. The minimum atomic E-state index is 1.03. The van der Waals surface area contributed by atoms with Gasteiger partial charge in [0.05, 0.1) is 0 Å². The number of aromatic nitrogens is 3. The lowest BCUT2D eigenvalue weighted by molar-refractivity contribution is 1.05. The summed E-state index contributed by atoms with van der Waals surface area (Å²) >= 11 is 0. The maximum Gasteiger partial charge on any atom is 0.123 e. The van der Waals surface area contributed by atoms with Crippen LogP contribution < -0.4 is 0 Å². The molecule has 0 amide bonds. The smallest absolute Gasteiger partial charge is 0.123 e. The molecule has 0 unspecified atom stereocenters. The van der Waals surface area contributed by atoms with Gasteiger partial charge in [-0.15, -0.1) is 10.2 Å². The van der Waals surface area contributed by atoms with Gasteiger partial charge >= 0.3 is 0 Å². The van der Waals surface area contributed by atoms with Gasteiger partial charge in [-0.25, -0.2) is 0 Å². The highest BCUT2D eigenvalue weighted by atomic mass is 15.2. The lowest BCUT2D eigenvalue weighted by Crippen LogP contribution is -1.90. The summed E-state index contributed by atoms with van der Waals surface area (Å²) in [4.78, 5) is 0. The van der Waals surface area contributed by atoms with Crippen molar-refractivity contribution in [2.45, 2.75) is 6.42 Å². The fourth-order valence-electron chi connectivity index (χ4n) is 1.84. The second kappa shape index (κ2) is 3.77. The van der Waals surface area contributed by atoms with Crippen LogP contribution in [-0.2, 0) is 0 Å². The largest absolute Gasteiger partial charge is 0.288 e. The van der Waals surface area contributed by atoms with E-state index in [-0.39, 0.29) is 0 Å². The van der Waals surface area contributed by atoms with E-state index in [1.165, 1.54) is 11.1 Å². The van der Waals surface area contributed by atoms with Crippen LogP contribution in [0.3, 0.4) is 0 Å². The number of hydrogen-bond acceptors (Lipinski definition) is 2. The third kappa shape index (κ3) is 1.56. The Kier molecular flexibility index (Phi) is 2.14. The molecule has 0 bridgehead atoms. The maximum absolute atomic E-state index is 3.79. The van der Waals surface area contributed by atoms with Crippen molar-refractivity contribution < 1.29 is 0 Å². The van der Waals surface area contributed by atoms with Crippen LogP contribution in [0.2, 0.25) is 0 Å². The van der Waals surface area contributed by atoms with Gasteiger partial charge in [-0.1, -0.05) is 30.4 Å².